The van der Waals surface area contributed by atoms with Crippen molar-refractivity contribution < 1.29 is 9.59 Å². The van der Waals surface area contributed by atoms with Crippen LogP contribution < -0.4 is 10.2 Å². The maximum atomic E-state index is 12.4. The Kier molecular flexibility index (Phi) is 4.82. The lowest BCUT2D eigenvalue weighted by molar-refractivity contribution is -0.122. The first-order chi connectivity index (χ1) is 11.5. The molecule has 126 valence electrons. The van der Waals surface area contributed by atoms with Gasteiger partial charge in [0.25, 0.3) is 0 Å². The average molecular weight is 365 g/mol. The van der Waals surface area contributed by atoms with E-state index in [4.69, 9.17) is 11.6 Å². The summed E-state index contributed by atoms with van der Waals surface area (Å²) >= 11 is 7.39. The van der Waals surface area contributed by atoms with Crippen molar-refractivity contribution in [3.05, 3.63) is 33.8 Å². The third kappa shape index (κ3) is 3.42. The van der Waals surface area contributed by atoms with Crippen molar-refractivity contribution >= 4 is 45.6 Å². The SMILES string of the molecule is CCc1nnc(NC(=O)C2CC(=O)N(c3cc(Cl)ccc3C)C2)s1. The van der Waals surface area contributed by atoms with E-state index in [0.29, 0.717) is 16.7 Å². The van der Waals surface area contributed by atoms with E-state index in [1.807, 2.05) is 19.9 Å². The predicted octanol–water partition coefficient (Wildman–Crippen LogP) is 3.05. The zero-order valence-corrected chi connectivity index (χ0v) is 14.9. The van der Waals surface area contributed by atoms with E-state index in [1.165, 1.54) is 11.3 Å². The molecule has 1 fully saturated rings. The van der Waals surface area contributed by atoms with Crippen molar-refractivity contribution in [3.8, 4) is 0 Å². The van der Waals surface area contributed by atoms with Gasteiger partial charge >= 0.3 is 0 Å². The van der Waals surface area contributed by atoms with Gasteiger partial charge in [0.1, 0.15) is 5.01 Å². The van der Waals surface area contributed by atoms with Gasteiger partial charge < -0.3 is 10.2 Å². The minimum Gasteiger partial charge on any atom is -0.311 e. The van der Waals surface area contributed by atoms with Crippen molar-refractivity contribution in [2.45, 2.75) is 26.7 Å². The molecule has 0 saturated carbocycles. The highest BCUT2D eigenvalue weighted by Crippen LogP contribution is 2.30. The summed E-state index contributed by atoms with van der Waals surface area (Å²) in [5.74, 6) is -0.693. The molecule has 6 nitrogen and oxygen atoms in total. The van der Waals surface area contributed by atoms with Gasteiger partial charge in [0.15, 0.2) is 0 Å². The zero-order valence-electron chi connectivity index (χ0n) is 13.4. The molecule has 2 heterocycles. The van der Waals surface area contributed by atoms with Gasteiger partial charge in [-0.2, -0.15) is 0 Å². The lowest BCUT2D eigenvalue weighted by Crippen LogP contribution is -2.28. The number of aromatic nitrogens is 2. The quantitative estimate of drug-likeness (QED) is 0.904. The number of hydrogen-bond donors (Lipinski definition) is 1. The Morgan fingerprint density at radius 1 is 1.46 bits per heavy atom. The average Bonchev–Trinajstić information content (AvgIpc) is 3.16. The molecule has 1 N–H and O–H groups in total. The minimum atomic E-state index is -0.412. The second-order valence-electron chi connectivity index (χ2n) is 5.68. The maximum Gasteiger partial charge on any atom is 0.231 e. The van der Waals surface area contributed by atoms with E-state index in [2.05, 4.69) is 15.5 Å². The molecular weight excluding hydrogens is 348 g/mol. The molecule has 2 aromatic rings. The van der Waals surface area contributed by atoms with Crippen LogP contribution in [0.2, 0.25) is 5.02 Å². The highest BCUT2D eigenvalue weighted by molar-refractivity contribution is 7.15. The summed E-state index contributed by atoms with van der Waals surface area (Å²) in [6.07, 6.45) is 0.953. The Labute approximate surface area is 148 Å². The lowest BCUT2D eigenvalue weighted by Gasteiger charge is -2.19. The number of aryl methyl sites for hydroxylation is 2. The van der Waals surface area contributed by atoms with E-state index in [0.717, 1.165) is 22.7 Å². The van der Waals surface area contributed by atoms with Crippen LogP contribution >= 0.6 is 22.9 Å². The van der Waals surface area contributed by atoms with Gasteiger partial charge in [0, 0.05) is 23.7 Å². The van der Waals surface area contributed by atoms with Crippen LogP contribution in [-0.2, 0) is 16.0 Å². The molecule has 1 saturated heterocycles. The molecule has 1 atom stereocenters. The second kappa shape index (κ2) is 6.86. The van der Waals surface area contributed by atoms with E-state index in [-0.39, 0.29) is 18.2 Å². The van der Waals surface area contributed by atoms with E-state index < -0.39 is 5.92 Å². The van der Waals surface area contributed by atoms with Crippen molar-refractivity contribution in [2.24, 2.45) is 5.92 Å². The molecule has 1 unspecified atom stereocenters. The van der Waals surface area contributed by atoms with Gasteiger partial charge in [-0.3, -0.25) is 9.59 Å². The number of amides is 2. The summed E-state index contributed by atoms with van der Waals surface area (Å²) in [6.45, 7) is 4.23. The van der Waals surface area contributed by atoms with Gasteiger partial charge in [0.2, 0.25) is 16.9 Å². The number of halogens is 1. The molecule has 0 aliphatic carbocycles. The first-order valence-electron chi connectivity index (χ1n) is 7.67. The Morgan fingerprint density at radius 3 is 2.96 bits per heavy atom. The first-order valence-corrected chi connectivity index (χ1v) is 8.87. The summed E-state index contributed by atoms with van der Waals surface area (Å²) < 4.78 is 0. The van der Waals surface area contributed by atoms with Crippen LogP contribution in [0.15, 0.2) is 18.2 Å². The fraction of sp³-hybridized carbons (Fsp3) is 0.375. The van der Waals surface area contributed by atoms with Crippen LogP contribution in [0.3, 0.4) is 0 Å². The normalized spacial score (nSPS) is 17.4. The molecule has 1 aliphatic heterocycles. The molecule has 8 heteroatoms. The molecule has 0 bridgehead atoms. The van der Waals surface area contributed by atoms with Crippen molar-refractivity contribution in [1.82, 2.24) is 10.2 Å². The second-order valence-corrected chi connectivity index (χ2v) is 7.18. The molecule has 1 aromatic carbocycles. The number of hydrogen-bond acceptors (Lipinski definition) is 5. The van der Waals surface area contributed by atoms with Crippen LogP contribution in [0.5, 0.6) is 0 Å². The van der Waals surface area contributed by atoms with Crippen LogP contribution in [0.4, 0.5) is 10.8 Å². The summed E-state index contributed by atoms with van der Waals surface area (Å²) in [6, 6.07) is 5.41. The number of anilines is 2. The summed E-state index contributed by atoms with van der Waals surface area (Å²) in [5.41, 5.74) is 1.71. The number of nitrogens with zero attached hydrogens (tertiary/aromatic N) is 3. The number of rotatable bonds is 4. The number of benzene rings is 1. The number of carbonyl (C=O) groups excluding carboxylic acids is 2. The van der Waals surface area contributed by atoms with Crippen LogP contribution in [-0.4, -0.2) is 28.6 Å². The molecular formula is C16H17ClN4O2S. The third-order valence-corrected chi connectivity index (χ3v) is 5.18. The predicted molar refractivity (Wildman–Crippen MR) is 94.6 cm³/mol. The van der Waals surface area contributed by atoms with Crippen molar-refractivity contribution in [1.29, 1.82) is 0 Å². The zero-order chi connectivity index (χ0) is 17.3. The van der Waals surface area contributed by atoms with E-state index in [1.54, 1.807) is 17.0 Å². The van der Waals surface area contributed by atoms with Crippen molar-refractivity contribution in [2.75, 3.05) is 16.8 Å². The van der Waals surface area contributed by atoms with E-state index >= 15 is 0 Å². The summed E-state index contributed by atoms with van der Waals surface area (Å²) in [7, 11) is 0. The van der Waals surface area contributed by atoms with Crippen LogP contribution in [0, 0.1) is 12.8 Å². The highest BCUT2D eigenvalue weighted by atomic mass is 35.5. The van der Waals surface area contributed by atoms with Crippen molar-refractivity contribution in [3.63, 3.8) is 0 Å². The van der Waals surface area contributed by atoms with Crippen LogP contribution in [0.25, 0.3) is 0 Å². The fourth-order valence-electron chi connectivity index (χ4n) is 2.64. The minimum absolute atomic E-state index is 0.0768. The molecule has 3 rings (SSSR count). The topological polar surface area (TPSA) is 75.2 Å². The fourth-order valence-corrected chi connectivity index (χ4v) is 3.49. The van der Waals surface area contributed by atoms with Gasteiger partial charge in [0.05, 0.1) is 5.92 Å². The Balaban J connectivity index is 1.72. The smallest absolute Gasteiger partial charge is 0.231 e. The van der Waals surface area contributed by atoms with E-state index in [9.17, 15) is 9.59 Å². The van der Waals surface area contributed by atoms with Gasteiger partial charge in [-0.05, 0) is 31.0 Å². The molecule has 1 aliphatic rings. The standard InChI is InChI=1S/C16H17ClN4O2S/c1-3-13-19-20-16(24-13)18-15(23)10-6-14(22)21(8-10)12-7-11(17)5-4-9(12)2/h4-5,7,10H,3,6,8H2,1-2H3,(H,18,20,23). The largest absolute Gasteiger partial charge is 0.311 e. The number of carbonyl (C=O) groups is 2. The first kappa shape index (κ1) is 16.9. The van der Waals surface area contributed by atoms with Crippen LogP contribution in [0.1, 0.15) is 23.9 Å². The number of nitrogens with one attached hydrogen (secondary N) is 1. The van der Waals surface area contributed by atoms with Gasteiger partial charge in [-0.25, -0.2) is 0 Å². The Hall–Kier alpha value is -1.99. The molecule has 0 spiro atoms. The summed E-state index contributed by atoms with van der Waals surface area (Å²) in [5, 5.41) is 12.6. The van der Waals surface area contributed by atoms with Gasteiger partial charge in [-0.15, -0.1) is 10.2 Å². The molecule has 1 aromatic heterocycles. The monoisotopic (exact) mass is 364 g/mol. The summed E-state index contributed by atoms with van der Waals surface area (Å²) in [4.78, 5) is 26.4. The molecule has 0 radical (unpaired) electrons. The Bertz CT molecular complexity index is 792. The lowest BCUT2D eigenvalue weighted by atomic mass is 10.1. The van der Waals surface area contributed by atoms with Gasteiger partial charge in [-0.1, -0.05) is 35.9 Å². The molecule has 2 amide bonds. The third-order valence-electron chi connectivity index (χ3n) is 3.96. The highest BCUT2D eigenvalue weighted by Gasteiger charge is 2.36. The molecule has 24 heavy (non-hydrogen) atoms. The maximum absolute atomic E-state index is 12.4. The Morgan fingerprint density at radius 2 is 2.25 bits per heavy atom.